The van der Waals surface area contributed by atoms with E-state index in [9.17, 15) is 0 Å². The van der Waals surface area contributed by atoms with Gasteiger partial charge in [0.25, 0.3) is 0 Å². The van der Waals surface area contributed by atoms with Gasteiger partial charge in [-0.2, -0.15) is 0 Å². The first-order valence-corrected chi connectivity index (χ1v) is 6.80. The van der Waals surface area contributed by atoms with Crippen LogP contribution in [-0.4, -0.2) is 29.8 Å². The molecule has 0 fully saturated rings. The number of para-hydroxylation sites is 2. The summed E-state index contributed by atoms with van der Waals surface area (Å²) < 4.78 is 7.47. The Bertz CT molecular complexity index is 545. The predicted molar refractivity (Wildman–Crippen MR) is 78.3 cm³/mol. The second-order valence-electron chi connectivity index (χ2n) is 5.22. The van der Waals surface area contributed by atoms with Gasteiger partial charge in [-0.15, -0.1) is 0 Å². The Morgan fingerprint density at radius 3 is 2.74 bits per heavy atom. The number of ether oxygens (including phenoxy) is 1. The molecule has 4 nitrogen and oxygen atoms in total. The van der Waals surface area contributed by atoms with Gasteiger partial charge in [0.05, 0.1) is 23.2 Å². The van der Waals surface area contributed by atoms with E-state index >= 15 is 0 Å². The summed E-state index contributed by atoms with van der Waals surface area (Å²) in [6, 6.07) is 8.26. The Balaban J connectivity index is 2.52. The van der Waals surface area contributed by atoms with Crippen LogP contribution in [0.15, 0.2) is 24.3 Å². The van der Waals surface area contributed by atoms with Crippen LogP contribution >= 0.6 is 0 Å². The van der Waals surface area contributed by atoms with Crippen molar-refractivity contribution in [1.29, 1.82) is 0 Å². The van der Waals surface area contributed by atoms with Crippen LogP contribution in [0.1, 0.15) is 26.6 Å². The SMILES string of the molecule is CCNC(C)(C)c1nc2ccccc2n1CCOC. The van der Waals surface area contributed by atoms with Gasteiger partial charge < -0.3 is 14.6 Å². The van der Waals surface area contributed by atoms with E-state index in [0.29, 0.717) is 6.61 Å². The van der Waals surface area contributed by atoms with E-state index in [0.717, 1.165) is 24.4 Å². The molecule has 0 unspecified atom stereocenters. The van der Waals surface area contributed by atoms with Crippen LogP contribution in [-0.2, 0) is 16.8 Å². The largest absolute Gasteiger partial charge is 0.383 e. The lowest BCUT2D eigenvalue weighted by Gasteiger charge is -2.26. The lowest BCUT2D eigenvalue weighted by molar-refractivity contribution is 0.185. The fraction of sp³-hybridized carbons (Fsp3) is 0.533. The fourth-order valence-electron chi connectivity index (χ4n) is 2.48. The van der Waals surface area contributed by atoms with E-state index in [-0.39, 0.29) is 5.54 Å². The number of aromatic nitrogens is 2. The average molecular weight is 261 g/mol. The molecular weight excluding hydrogens is 238 g/mol. The van der Waals surface area contributed by atoms with Gasteiger partial charge >= 0.3 is 0 Å². The summed E-state index contributed by atoms with van der Waals surface area (Å²) in [7, 11) is 1.73. The molecule has 1 aromatic carbocycles. The highest BCUT2D eigenvalue weighted by molar-refractivity contribution is 5.76. The van der Waals surface area contributed by atoms with Gasteiger partial charge in [0.2, 0.25) is 0 Å². The maximum Gasteiger partial charge on any atom is 0.129 e. The molecule has 0 aliphatic heterocycles. The fourth-order valence-corrected chi connectivity index (χ4v) is 2.48. The number of hydrogen-bond donors (Lipinski definition) is 1. The third-order valence-corrected chi connectivity index (χ3v) is 3.35. The summed E-state index contributed by atoms with van der Waals surface area (Å²) in [5, 5.41) is 3.49. The molecule has 0 saturated carbocycles. The molecule has 0 bridgehead atoms. The molecule has 0 spiro atoms. The lowest BCUT2D eigenvalue weighted by Crippen LogP contribution is -2.39. The van der Waals surface area contributed by atoms with Crippen LogP contribution in [0.2, 0.25) is 0 Å². The first kappa shape index (κ1) is 14.0. The third kappa shape index (κ3) is 2.80. The van der Waals surface area contributed by atoms with E-state index in [1.165, 1.54) is 5.52 Å². The number of rotatable bonds is 6. The topological polar surface area (TPSA) is 39.1 Å². The van der Waals surface area contributed by atoms with Crippen LogP contribution in [0.3, 0.4) is 0 Å². The molecule has 0 aliphatic rings. The molecule has 0 atom stereocenters. The standard InChI is InChI=1S/C15H23N3O/c1-5-16-15(2,3)14-17-12-8-6-7-9-13(12)18(14)10-11-19-4/h6-9,16H,5,10-11H2,1-4H3. The van der Waals surface area contributed by atoms with Gasteiger partial charge in [-0.1, -0.05) is 19.1 Å². The van der Waals surface area contributed by atoms with Crippen molar-refractivity contribution in [3.63, 3.8) is 0 Å². The van der Waals surface area contributed by atoms with Crippen LogP contribution in [0.4, 0.5) is 0 Å². The normalized spacial score (nSPS) is 12.2. The monoisotopic (exact) mass is 261 g/mol. The van der Waals surface area contributed by atoms with Crippen molar-refractivity contribution in [3.8, 4) is 0 Å². The summed E-state index contributed by atoms with van der Waals surface area (Å²) >= 11 is 0. The zero-order valence-electron chi connectivity index (χ0n) is 12.2. The molecular formula is C15H23N3O. The van der Waals surface area contributed by atoms with E-state index < -0.39 is 0 Å². The van der Waals surface area contributed by atoms with E-state index in [2.05, 4.69) is 48.9 Å². The molecule has 19 heavy (non-hydrogen) atoms. The van der Waals surface area contributed by atoms with Gasteiger partial charge in [0.1, 0.15) is 5.82 Å². The minimum Gasteiger partial charge on any atom is -0.383 e. The number of nitrogens with one attached hydrogen (secondary N) is 1. The Hall–Kier alpha value is -1.39. The molecule has 0 saturated heterocycles. The molecule has 0 aliphatic carbocycles. The first-order valence-electron chi connectivity index (χ1n) is 6.80. The molecule has 1 aromatic heterocycles. The predicted octanol–water partition coefficient (Wildman–Crippen LogP) is 2.53. The molecule has 1 N–H and O–H groups in total. The van der Waals surface area contributed by atoms with Crippen LogP contribution in [0.5, 0.6) is 0 Å². The van der Waals surface area contributed by atoms with Crippen molar-refractivity contribution >= 4 is 11.0 Å². The van der Waals surface area contributed by atoms with Crippen LogP contribution < -0.4 is 5.32 Å². The third-order valence-electron chi connectivity index (χ3n) is 3.35. The highest BCUT2D eigenvalue weighted by Crippen LogP contribution is 2.24. The Morgan fingerprint density at radius 2 is 2.05 bits per heavy atom. The summed E-state index contributed by atoms with van der Waals surface area (Å²) in [6.07, 6.45) is 0. The number of hydrogen-bond acceptors (Lipinski definition) is 3. The minimum atomic E-state index is -0.151. The number of imidazole rings is 1. The zero-order valence-corrected chi connectivity index (χ0v) is 12.2. The quantitative estimate of drug-likeness (QED) is 0.868. The van der Waals surface area contributed by atoms with Crippen LogP contribution in [0.25, 0.3) is 11.0 Å². The average Bonchev–Trinajstić information content (AvgIpc) is 2.76. The maximum absolute atomic E-state index is 5.22. The molecule has 104 valence electrons. The highest BCUT2D eigenvalue weighted by atomic mass is 16.5. The van der Waals surface area contributed by atoms with Crippen molar-refractivity contribution in [2.75, 3.05) is 20.3 Å². The Morgan fingerprint density at radius 1 is 1.32 bits per heavy atom. The molecule has 0 radical (unpaired) electrons. The highest BCUT2D eigenvalue weighted by Gasteiger charge is 2.26. The lowest BCUT2D eigenvalue weighted by atomic mass is 10.0. The number of benzene rings is 1. The second kappa shape index (κ2) is 5.72. The molecule has 0 amide bonds. The first-order chi connectivity index (χ1) is 9.10. The van der Waals surface area contributed by atoms with Crippen LogP contribution in [0, 0.1) is 0 Å². The van der Waals surface area contributed by atoms with E-state index in [1.54, 1.807) is 7.11 Å². The van der Waals surface area contributed by atoms with E-state index in [4.69, 9.17) is 9.72 Å². The number of methoxy groups -OCH3 is 1. The summed E-state index contributed by atoms with van der Waals surface area (Å²) in [4.78, 5) is 4.80. The van der Waals surface area contributed by atoms with Crippen molar-refractivity contribution in [3.05, 3.63) is 30.1 Å². The van der Waals surface area contributed by atoms with Crippen molar-refractivity contribution in [1.82, 2.24) is 14.9 Å². The molecule has 4 heteroatoms. The Labute approximate surface area is 114 Å². The zero-order chi connectivity index (χ0) is 13.9. The summed E-state index contributed by atoms with van der Waals surface area (Å²) in [5.74, 6) is 1.06. The molecule has 2 aromatic rings. The van der Waals surface area contributed by atoms with Crippen molar-refractivity contribution in [2.45, 2.75) is 32.9 Å². The van der Waals surface area contributed by atoms with Crippen molar-refractivity contribution in [2.24, 2.45) is 0 Å². The smallest absolute Gasteiger partial charge is 0.129 e. The number of fused-ring (bicyclic) bond motifs is 1. The molecule has 2 rings (SSSR count). The number of nitrogens with zero attached hydrogens (tertiary/aromatic N) is 2. The second-order valence-corrected chi connectivity index (χ2v) is 5.22. The van der Waals surface area contributed by atoms with Gasteiger partial charge in [-0.05, 0) is 32.5 Å². The van der Waals surface area contributed by atoms with Gasteiger partial charge in [-0.25, -0.2) is 4.98 Å². The van der Waals surface area contributed by atoms with Gasteiger partial charge in [0.15, 0.2) is 0 Å². The maximum atomic E-state index is 5.22. The Kier molecular flexibility index (Phi) is 4.22. The van der Waals surface area contributed by atoms with E-state index in [1.807, 2.05) is 6.07 Å². The summed E-state index contributed by atoms with van der Waals surface area (Å²) in [6.45, 7) is 8.88. The minimum absolute atomic E-state index is 0.151. The molecule has 1 heterocycles. The summed E-state index contributed by atoms with van der Waals surface area (Å²) in [5.41, 5.74) is 2.06. The van der Waals surface area contributed by atoms with Gasteiger partial charge in [0, 0.05) is 13.7 Å². The van der Waals surface area contributed by atoms with Crippen molar-refractivity contribution < 1.29 is 4.74 Å². The van der Waals surface area contributed by atoms with Gasteiger partial charge in [-0.3, -0.25) is 0 Å².